The molecule has 1 rings (SSSR count). The number of carbonyl (C=O) groups excluding carboxylic acids is 1. The first kappa shape index (κ1) is 16.4. The van der Waals surface area contributed by atoms with E-state index in [4.69, 9.17) is 0 Å². The maximum Gasteiger partial charge on any atom is 0.237 e. The van der Waals surface area contributed by atoms with Crippen LogP contribution in [0.2, 0.25) is 0 Å². The summed E-state index contributed by atoms with van der Waals surface area (Å²) in [5, 5.41) is 15.5. The number of aliphatic hydroxyl groups is 1. The van der Waals surface area contributed by atoms with Crippen molar-refractivity contribution < 1.29 is 9.90 Å². The van der Waals surface area contributed by atoms with Crippen molar-refractivity contribution in [1.82, 2.24) is 15.5 Å². The third kappa shape index (κ3) is 4.75. The molecule has 0 aromatic carbocycles. The second kappa shape index (κ2) is 7.82. The van der Waals surface area contributed by atoms with Crippen molar-refractivity contribution in [3.05, 3.63) is 0 Å². The van der Waals surface area contributed by atoms with Crippen LogP contribution in [0.4, 0.5) is 0 Å². The lowest BCUT2D eigenvalue weighted by Gasteiger charge is -2.31. The fourth-order valence-electron chi connectivity index (χ4n) is 2.85. The highest BCUT2D eigenvalue weighted by Gasteiger charge is 2.29. The van der Waals surface area contributed by atoms with Gasteiger partial charge in [-0.05, 0) is 26.4 Å². The Morgan fingerprint density at radius 3 is 2.47 bits per heavy atom. The predicted molar refractivity (Wildman–Crippen MR) is 77.0 cm³/mol. The van der Waals surface area contributed by atoms with Gasteiger partial charge < -0.3 is 20.6 Å². The molecule has 19 heavy (non-hydrogen) atoms. The molecule has 0 radical (unpaired) electrons. The highest BCUT2D eigenvalue weighted by atomic mass is 16.3. The number of amides is 1. The largest absolute Gasteiger partial charge is 0.392 e. The molecule has 0 aromatic heterocycles. The lowest BCUT2D eigenvalue weighted by molar-refractivity contribution is -0.123. The zero-order chi connectivity index (χ0) is 14.4. The van der Waals surface area contributed by atoms with Crippen LogP contribution in [-0.2, 0) is 4.79 Å². The van der Waals surface area contributed by atoms with E-state index in [9.17, 15) is 9.90 Å². The van der Waals surface area contributed by atoms with Gasteiger partial charge in [0, 0.05) is 19.1 Å². The van der Waals surface area contributed by atoms with Crippen LogP contribution in [-0.4, -0.2) is 61.3 Å². The van der Waals surface area contributed by atoms with Crippen LogP contribution in [0.1, 0.15) is 33.1 Å². The molecule has 3 N–H and O–H groups in total. The van der Waals surface area contributed by atoms with Crippen molar-refractivity contribution in [3.63, 3.8) is 0 Å². The van der Waals surface area contributed by atoms with Gasteiger partial charge in [-0.15, -0.1) is 0 Å². The molecule has 1 saturated heterocycles. The smallest absolute Gasteiger partial charge is 0.237 e. The Balaban J connectivity index is 2.45. The Morgan fingerprint density at radius 1 is 1.42 bits per heavy atom. The minimum absolute atomic E-state index is 0.00866. The Hall–Kier alpha value is -0.650. The van der Waals surface area contributed by atoms with Gasteiger partial charge in [-0.25, -0.2) is 0 Å². The monoisotopic (exact) mass is 271 g/mol. The van der Waals surface area contributed by atoms with Crippen LogP contribution < -0.4 is 10.6 Å². The maximum atomic E-state index is 12.0. The molecule has 5 nitrogen and oxygen atoms in total. The lowest BCUT2D eigenvalue weighted by Crippen LogP contribution is -2.48. The molecule has 5 heteroatoms. The first-order valence-corrected chi connectivity index (χ1v) is 7.35. The van der Waals surface area contributed by atoms with Crippen LogP contribution in [0.3, 0.4) is 0 Å². The summed E-state index contributed by atoms with van der Waals surface area (Å²) in [6.07, 6.45) is 2.37. The summed E-state index contributed by atoms with van der Waals surface area (Å²) >= 11 is 0. The van der Waals surface area contributed by atoms with E-state index in [1.165, 1.54) is 0 Å². The number of hydrogen-bond donors (Lipinski definition) is 3. The molecule has 1 fully saturated rings. The minimum Gasteiger partial charge on any atom is -0.392 e. The second-order valence-electron chi connectivity index (χ2n) is 5.70. The fraction of sp³-hybridized carbons (Fsp3) is 0.929. The topological polar surface area (TPSA) is 64.6 Å². The van der Waals surface area contributed by atoms with Gasteiger partial charge in [0.25, 0.3) is 0 Å². The molecule has 0 bridgehead atoms. The first-order valence-electron chi connectivity index (χ1n) is 7.35. The molecule has 0 saturated carbocycles. The standard InChI is InChI=1S/C14H29N3O2/c1-5-10(6-2)13(17(3)4)9-16-14(19)12-7-11(18)8-15-12/h10-13,15,18H,5-9H2,1-4H3,(H,16,19). The van der Waals surface area contributed by atoms with Crippen LogP contribution in [0.15, 0.2) is 0 Å². The van der Waals surface area contributed by atoms with Crippen molar-refractivity contribution >= 4 is 5.91 Å². The molecule has 0 spiro atoms. The number of β-amino-alcohol motifs (C(OH)–C–C–N with tert-alkyl or cyclic N) is 1. The van der Waals surface area contributed by atoms with Gasteiger partial charge in [0.15, 0.2) is 0 Å². The van der Waals surface area contributed by atoms with E-state index in [2.05, 4.69) is 43.5 Å². The maximum absolute atomic E-state index is 12.0. The third-order valence-electron chi connectivity index (χ3n) is 4.17. The number of rotatable bonds is 7. The van der Waals surface area contributed by atoms with E-state index in [1.54, 1.807) is 0 Å². The van der Waals surface area contributed by atoms with Crippen molar-refractivity contribution in [3.8, 4) is 0 Å². The van der Waals surface area contributed by atoms with E-state index < -0.39 is 0 Å². The molecule has 3 unspecified atom stereocenters. The number of nitrogens with one attached hydrogen (secondary N) is 2. The molecule has 1 aliphatic heterocycles. The van der Waals surface area contributed by atoms with Crippen LogP contribution in [0.5, 0.6) is 0 Å². The van der Waals surface area contributed by atoms with E-state index in [0.717, 1.165) is 12.8 Å². The summed E-state index contributed by atoms with van der Waals surface area (Å²) in [4.78, 5) is 14.2. The molecule has 0 aromatic rings. The Morgan fingerprint density at radius 2 is 2.05 bits per heavy atom. The van der Waals surface area contributed by atoms with Gasteiger partial charge in [0.05, 0.1) is 12.1 Å². The Labute approximate surface area is 116 Å². The minimum atomic E-state index is -0.389. The van der Waals surface area contributed by atoms with Gasteiger partial charge in [0.1, 0.15) is 0 Å². The number of hydrogen-bond acceptors (Lipinski definition) is 4. The first-order chi connectivity index (χ1) is 8.99. The molecule has 1 heterocycles. The number of nitrogens with zero attached hydrogens (tertiary/aromatic N) is 1. The van der Waals surface area contributed by atoms with Crippen LogP contribution >= 0.6 is 0 Å². The van der Waals surface area contributed by atoms with E-state index >= 15 is 0 Å². The van der Waals surface area contributed by atoms with Gasteiger partial charge >= 0.3 is 0 Å². The Kier molecular flexibility index (Phi) is 6.75. The molecular formula is C14H29N3O2. The number of likely N-dealkylation sites (N-methyl/N-ethyl adjacent to an activating group) is 1. The molecule has 1 amide bonds. The molecule has 0 aliphatic carbocycles. The predicted octanol–water partition coefficient (Wildman–Crippen LogP) is 0.192. The number of carbonyl (C=O) groups is 1. The van der Waals surface area contributed by atoms with E-state index in [0.29, 0.717) is 31.5 Å². The molecule has 1 aliphatic rings. The van der Waals surface area contributed by atoms with E-state index in [1.807, 2.05) is 0 Å². The summed E-state index contributed by atoms with van der Waals surface area (Å²) in [5.41, 5.74) is 0. The summed E-state index contributed by atoms with van der Waals surface area (Å²) in [7, 11) is 4.12. The lowest BCUT2D eigenvalue weighted by atomic mass is 9.93. The van der Waals surface area contributed by atoms with E-state index in [-0.39, 0.29) is 18.1 Å². The SMILES string of the molecule is CCC(CC)C(CNC(=O)C1CC(O)CN1)N(C)C. The summed E-state index contributed by atoms with van der Waals surface area (Å²) in [5.74, 6) is 0.604. The zero-order valence-corrected chi connectivity index (χ0v) is 12.6. The highest BCUT2D eigenvalue weighted by molar-refractivity contribution is 5.82. The Bertz CT molecular complexity index is 280. The average Bonchev–Trinajstić information content (AvgIpc) is 2.80. The quantitative estimate of drug-likeness (QED) is 0.618. The van der Waals surface area contributed by atoms with Crippen molar-refractivity contribution in [2.24, 2.45) is 5.92 Å². The molecular weight excluding hydrogens is 242 g/mol. The zero-order valence-electron chi connectivity index (χ0n) is 12.6. The second-order valence-corrected chi connectivity index (χ2v) is 5.70. The third-order valence-corrected chi connectivity index (χ3v) is 4.17. The van der Waals surface area contributed by atoms with Gasteiger partial charge in [-0.1, -0.05) is 26.7 Å². The number of aliphatic hydroxyl groups excluding tert-OH is 1. The van der Waals surface area contributed by atoms with Gasteiger partial charge in [0.2, 0.25) is 5.91 Å². The fourth-order valence-corrected chi connectivity index (χ4v) is 2.85. The molecule has 3 atom stereocenters. The summed E-state index contributed by atoms with van der Waals surface area (Å²) < 4.78 is 0. The van der Waals surface area contributed by atoms with Crippen molar-refractivity contribution in [1.29, 1.82) is 0 Å². The van der Waals surface area contributed by atoms with Crippen LogP contribution in [0.25, 0.3) is 0 Å². The van der Waals surface area contributed by atoms with Crippen molar-refractivity contribution in [2.45, 2.75) is 51.3 Å². The molecule has 112 valence electrons. The highest BCUT2D eigenvalue weighted by Crippen LogP contribution is 2.16. The van der Waals surface area contributed by atoms with Gasteiger partial charge in [-0.3, -0.25) is 4.79 Å². The van der Waals surface area contributed by atoms with Crippen LogP contribution in [0, 0.1) is 5.92 Å². The average molecular weight is 271 g/mol. The summed E-state index contributed by atoms with van der Waals surface area (Å²) in [6.45, 7) is 5.58. The van der Waals surface area contributed by atoms with Crippen molar-refractivity contribution in [2.75, 3.05) is 27.2 Å². The summed E-state index contributed by atoms with van der Waals surface area (Å²) in [6, 6.07) is 0.129. The van der Waals surface area contributed by atoms with Gasteiger partial charge in [-0.2, -0.15) is 0 Å². The normalized spacial score (nSPS) is 25.0.